The maximum atomic E-state index is 11.8. The fourth-order valence-corrected chi connectivity index (χ4v) is 2.57. The molecule has 0 radical (unpaired) electrons. The number of amides is 3. The van der Waals surface area contributed by atoms with Crippen LogP contribution in [0.5, 0.6) is 0 Å². The number of carbonyl (C=O) groups excluding carboxylic acids is 2. The molecular weight excluding hydrogens is 232 g/mol. The summed E-state index contributed by atoms with van der Waals surface area (Å²) in [6.45, 7) is 4.81. The largest absolute Gasteiger partial charge is 0.351 e. The van der Waals surface area contributed by atoms with Gasteiger partial charge in [-0.3, -0.25) is 15.0 Å². The average molecular weight is 256 g/mol. The lowest BCUT2D eigenvalue weighted by Crippen LogP contribution is -2.58. The summed E-state index contributed by atoms with van der Waals surface area (Å²) in [5.74, 6) is -0.322. The van der Waals surface area contributed by atoms with Crippen LogP contribution in [0.4, 0.5) is 4.79 Å². The van der Waals surface area contributed by atoms with Crippen LogP contribution in [0, 0.1) is 0 Å². The van der Waals surface area contributed by atoms with E-state index in [-0.39, 0.29) is 11.9 Å². The van der Waals surface area contributed by atoms with Gasteiger partial charge in [0.15, 0.2) is 0 Å². The normalized spacial score (nSPS) is 24.3. The first-order valence-electron chi connectivity index (χ1n) is 6.50. The van der Waals surface area contributed by atoms with E-state index in [9.17, 15) is 9.59 Å². The molecule has 1 saturated heterocycles. The minimum Gasteiger partial charge on any atom is -0.351 e. The summed E-state index contributed by atoms with van der Waals surface area (Å²) in [6, 6.07) is -0.493. The molecule has 0 spiro atoms. The van der Waals surface area contributed by atoms with Crippen molar-refractivity contribution in [2.45, 2.75) is 51.2 Å². The smallest absolute Gasteiger partial charge is 0.318 e. The van der Waals surface area contributed by atoms with Gasteiger partial charge in [0, 0.05) is 12.1 Å². The SMILES string of the molecule is CNC(C)C1CCCCN1C(C)C(=O)NC(N)=O. The standard InChI is InChI=1S/C12H24N4O2/c1-8(14-3)10-6-4-5-7-16(10)9(2)11(17)15-12(13)18/h8-10,14H,4-7H2,1-3H3,(H3,13,15,17,18). The van der Waals surface area contributed by atoms with Gasteiger partial charge in [-0.25, -0.2) is 4.79 Å². The summed E-state index contributed by atoms with van der Waals surface area (Å²) in [5, 5.41) is 5.39. The van der Waals surface area contributed by atoms with E-state index in [1.807, 2.05) is 14.0 Å². The number of hydrogen-bond donors (Lipinski definition) is 3. The van der Waals surface area contributed by atoms with E-state index in [1.54, 1.807) is 0 Å². The zero-order chi connectivity index (χ0) is 13.7. The molecule has 0 aromatic carbocycles. The molecule has 104 valence electrons. The third kappa shape index (κ3) is 3.68. The first kappa shape index (κ1) is 14.9. The van der Waals surface area contributed by atoms with E-state index < -0.39 is 6.03 Å². The number of nitrogens with zero attached hydrogens (tertiary/aromatic N) is 1. The number of piperidine rings is 1. The van der Waals surface area contributed by atoms with Crippen molar-refractivity contribution in [2.75, 3.05) is 13.6 Å². The van der Waals surface area contributed by atoms with E-state index in [4.69, 9.17) is 5.73 Å². The van der Waals surface area contributed by atoms with E-state index in [0.29, 0.717) is 12.1 Å². The number of carbonyl (C=O) groups is 2. The van der Waals surface area contributed by atoms with E-state index in [0.717, 1.165) is 19.4 Å². The second-order valence-corrected chi connectivity index (χ2v) is 4.91. The molecule has 18 heavy (non-hydrogen) atoms. The molecule has 6 heteroatoms. The summed E-state index contributed by atoms with van der Waals surface area (Å²) in [7, 11) is 1.92. The Morgan fingerprint density at radius 1 is 1.33 bits per heavy atom. The van der Waals surface area contributed by atoms with Gasteiger partial charge in [-0.05, 0) is 40.3 Å². The Hall–Kier alpha value is -1.14. The fraction of sp³-hybridized carbons (Fsp3) is 0.833. The number of likely N-dealkylation sites (N-methyl/N-ethyl adjacent to an activating group) is 1. The third-order valence-corrected chi connectivity index (χ3v) is 3.75. The number of nitrogens with two attached hydrogens (primary N) is 1. The minimum absolute atomic E-state index is 0.314. The van der Waals surface area contributed by atoms with Gasteiger partial charge in [-0.1, -0.05) is 6.42 Å². The summed E-state index contributed by atoms with van der Waals surface area (Å²) in [4.78, 5) is 24.7. The lowest BCUT2D eigenvalue weighted by atomic mass is 9.94. The Morgan fingerprint density at radius 3 is 2.56 bits per heavy atom. The molecule has 4 N–H and O–H groups in total. The molecule has 3 amide bonds. The van der Waals surface area contributed by atoms with Crippen molar-refractivity contribution in [1.82, 2.24) is 15.5 Å². The van der Waals surface area contributed by atoms with Crippen LogP contribution >= 0.6 is 0 Å². The monoisotopic (exact) mass is 256 g/mol. The van der Waals surface area contributed by atoms with Gasteiger partial charge in [-0.2, -0.15) is 0 Å². The lowest BCUT2D eigenvalue weighted by molar-refractivity contribution is -0.126. The van der Waals surface area contributed by atoms with Crippen LogP contribution in [0.25, 0.3) is 0 Å². The Bertz CT molecular complexity index is 308. The van der Waals surface area contributed by atoms with Crippen molar-refractivity contribution >= 4 is 11.9 Å². The maximum absolute atomic E-state index is 11.8. The molecule has 1 aliphatic heterocycles. The van der Waals surface area contributed by atoms with Gasteiger partial charge in [0.25, 0.3) is 0 Å². The van der Waals surface area contributed by atoms with Gasteiger partial charge in [0.1, 0.15) is 0 Å². The summed E-state index contributed by atoms with van der Waals surface area (Å²) in [5.41, 5.74) is 4.98. The quantitative estimate of drug-likeness (QED) is 0.662. The second-order valence-electron chi connectivity index (χ2n) is 4.91. The number of urea groups is 1. The van der Waals surface area contributed by atoms with Crippen LogP contribution in [0.1, 0.15) is 33.1 Å². The average Bonchev–Trinajstić information content (AvgIpc) is 2.36. The molecule has 6 nitrogen and oxygen atoms in total. The van der Waals surface area contributed by atoms with Crippen molar-refractivity contribution in [3.63, 3.8) is 0 Å². The predicted molar refractivity (Wildman–Crippen MR) is 70.1 cm³/mol. The number of imide groups is 1. The Labute approximate surface area is 108 Å². The van der Waals surface area contributed by atoms with Gasteiger partial charge in [0.05, 0.1) is 6.04 Å². The molecular formula is C12H24N4O2. The first-order chi connectivity index (χ1) is 8.47. The van der Waals surface area contributed by atoms with Crippen molar-refractivity contribution in [3.8, 4) is 0 Å². The molecule has 1 rings (SSSR count). The van der Waals surface area contributed by atoms with Crippen LogP contribution in [0.2, 0.25) is 0 Å². The van der Waals surface area contributed by atoms with Crippen LogP contribution in [0.15, 0.2) is 0 Å². The Kier molecular flexibility index (Phi) is 5.55. The first-order valence-corrected chi connectivity index (χ1v) is 6.50. The fourth-order valence-electron chi connectivity index (χ4n) is 2.57. The van der Waals surface area contributed by atoms with E-state index in [1.165, 1.54) is 6.42 Å². The highest BCUT2D eigenvalue weighted by Crippen LogP contribution is 2.22. The van der Waals surface area contributed by atoms with Crippen LogP contribution in [-0.2, 0) is 4.79 Å². The van der Waals surface area contributed by atoms with Gasteiger partial charge in [0.2, 0.25) is 5.91 Å². The number of rotatable bonds is 4. The Balaban J connectivity index is 2.70. The van der Waals surface area contributed by atoms with Crippen LogP contribution in [-0.4, -0.2) is 48.6 Å². The number of likely N-dealkylation sites (tertiary alicyclic amines) is 1. The topological polar surface area (TPSA) is 87.5 Å². The van der Waals surface area contributed by atoms with Crippen LogP contribution < -0.4 is 16.4 Å². The van der Waals surface area contributed by atoms with Crippen molar-refractivity contribution < 1.29 is 9.59 Å². The maximum Gasteiger partial charge on any atom is 0.318 e. The summed E-state index contributed by atoms with van der Waals surface area (Å²) >= 11 is 0. The van der Waals surface area contributed by atoms with Crippen molar-refractivity contribution in [3.05, 3.63) is 0 Å². The lowest BCUT2D eigenvalue weighted by Gasteiger charge is -2.41. The third-order valence-electron chi connectivity index (χ3n) is 3.75. The highest BCUT2D eigenvalue weighted by Gasteiger charge is 2.33. The molecule has 3 atom stereocenters. The highest BCUT2D eigenvalue weighted by molar-refractivity contribution is 5.96. The number of hydrogen-bond acceptors (Lipinski definition) is 4. The molecule has 1 heterocycles. The van der Waals surface area contributed by atoms with E-state index >= 15 is 0 Å². The summed E-state index contributed by atoms with van der Waals surface area (Å²) in [6.07, 6.45) is 3.33. The predicted octanol–water partition coefficient (Wildman–Crippen LogP) is 0.0322. The van der Waals surface area contributed by atoms with Gasteiger partial charge >= 0.3 is 6.03 Å². The molecule has 0 aromatic heterocycles. The molecule has 1 fully saturated rings. The number of primary amides is 1. The summed E-state index contributed by atoms with van der Waals surface area (Å²) < 4.78 is 0. The Morgan fingerprint density at radius 2 is 2.00 bits per heavy atom. The zero-order valence-electron chi connectivity index (χ0n) is 11.4. The second kappa shape index (κ2) is 6.70. The molecule has 0 aromatic rings. The minimum atomic E-state index is -0.790. The molecule has 1 aliphatic rings. The molecule has 0 saturated carbocycles. The molecule has 3 unspecified atom stereocenters. The molecule has 0 aliphatic carbocycles. The van der Waals surface area contributed by atoms with Gasteiger partial charge < -0.3 is 11.1 Å². The molecule has 0 bridgehead atoms. The highest BCUT2D eigenvalue weighted by atomic mass is 16.2. The van der Waals surface area contributed by atoms with Crippen molar-refractivity contribution in [1.29, 1.82) is 0 Å². The van der Waals surface area contributed by atoms with E-state index in [2.05, 4.69) is 22.5 Å². The van der Waals surface area contributed by atoms with Gasteiger partial charge in [-0.15, -0.1) is 0 Å². The van der Waals surface area contributed by atoms with Crippen molar-refractivity contribution in [2.24, 2.45) is 5.73 Å². The van der Waals surface area contributed by atoms with Crippen LogP contribution in [0.3, 0.4) is 0 Å². The number of nitrogens with one attached hydrogen (secondary N) is 2. The zero-order valence-corrected chi connectivity index (χ0v) is 11.4.